The summed E-state index contributed by atoms with van der Waals surface area (Å²) in [5, 5.41) is 2.09. The smallest absolute Gasteiger partial charge is 0.344 e. The molecule has 0 radical (unpaired) electrons. The maximum atomic E-state index is 12.9. The first kappa shape index (κ1) is 22.8. The lowest BCUT2D eigenvalue weighted by Crippen LogP contribution is -2.51. The van der Waals surface area contributed by atoms with Crippen LogP contribution in [0.15, 0.2) is 18.2 Å². The average Bonchev–Trinajstić information content (AvgIpc) is 3.48. The molecule has 0 aromatic heterocycles. The Morgan fingerprint density at radius 1 is 1.13 bits per heavy atom. The highest BCUT2D eigenvalue weighted by atomic mass is 35.5. The van der Waals surface area contributed by atoms with Crippen molar-refractivity contribution in [2.75, 3.05) is 58.2 Å². The number of benzene rings is 1. The quantitative estimate of drug-likeness (QED) is 0.699. The van der Waals surface area contributed by atoms with E-state index in [1.54, 1.807) is 4.90 Å². The number of nitrogens with zero attached hydrogens (tertiary/aromatic N) is 3. The SMILES string of the molecule is CN(CC1CC1)C(=O)CN1CCN(CC(=O)Nc2ccc(Cl)c(C(F)(F)F)c2)CC1. The van der Waals surface area contributed by atoms with Gasteiger partial charge in [-0.15, -0.1) is 0 Å². The lowest BCUT2D eigenvalue weighted by Gasteiger charge is -2.34. The molecular formula is C20H26ClF3N4O2. The highest BCUT2D eigenvalue weighted by molar-refractivity contribution is 6.31. The van der Waals surface area contributed by atoms with Crippen molar-refractivity contribution in [3.05, 3.63) is 28.8 Å². The summed E-state index contributed by atoms with van der Waals surface area (Å²) in [7, 11) is 1.84. The molecule has 10 heteroatoms. The Morgan fingerprint density at radius 3 is 2.30 bits per heavy atom. The molecule has 1 N–H and O–H groups in total. The maximum Gasteiger partial charge on any atom is 0.417 e. The van der Waals surface area contributed by atoms with Crippen molar-refractivity contribution < 1.29 is 22.8 Å². The third kappa shape index (κ3) is 6.58. The molecule has 2 fully saturated rings. The second kappa shape index (κ2) is 9.53. The highest BCUT2D eigenvalue weighted by Crippen LogP contribution is 2.36. The maximum absolute atomic E-state index is 12.9. The summed E-state index contributed by atoms with van der Waals surface area (Å²) >= 11 is 5.60. The van der Waals surface area contributed by atoms with E-state index in [0.29, 0.717) is 38.6 Å². The van der Waals surface area contributed by atoms with Crippen molar-refractivity contribution in [2.24, 2.45) is 5.92 Å². The van der Waals surface area contributed by atoms with E-state index in [4.69, 9.17) is 11.6 Å². The molecule has 1 heterocycles. The first-order valence-electron chi connectivity index (χ1n) is 9.97. The lowest BCUT2D eigenvalue weighted by atomic mass is 10.2. The molecule has 1 aromatic carbocycles. The van der Waals surface area contributed by atoms with Gasteiger partial charge < -0.3 is 10.2 Å². The molecule has 30 heavy (non-hydrogen) atoms. The fraction of sp³-hybridized carbons (Fsp3) is 0.600. The van der Waals surface area contributed by atoms with E-state index in [0.717, 1.165) is 18.7 Å². The molecule has 0 spiro atoms. The average molecular weight is 447 g/mol. The summed E-state index contributed by atoms with van der Waals surface area (Å²) in [4.78, 5) is 30.3. The van der Waals surface area contributed by atoms with Gasteiger partial charge in [0, 0.05) is 45.5 Å². The van der Waals surface area contributed by atoms with E-state index in [2.05, 4.69) is 10.2 Å². The molecule has 2 amide bonds. The van der Waals surface area contributed by atoms with Crippen molar-refractivity contribution >= 4 is 29.1 Å². The Balaban J connectivity index is 1.42. The zero-order valence-electron chi connectivity index (χ0n) is 16.8. The molecule has 1 aromatic rings. The predicted octanol–water partition coefficient (Wildman–Crippen LogP) is 2.78. The number of carbonyl (C=O) groups is 2. The summed E-state index contributed by atoms with van der Waals surface area (Å²) in [5.41, 5.74) is -0.924. The normalized spacial score (nSPS) is 18.3. The van der Waals surface area contributed by atoms with Crippen LogP contribution in [0.5, 0.6) is 0 Å². The van der Waals surface area contributed by atoms with Crippen LogP contribution >= 0.6 is 11.6 Å². The van der Waals surface area contributed by atoms with Crippen LogP contribution < -0.4 is 5.32 Å². The van der Waals surface area contributed by atoms with Crippen LogP contribution in [0.1, 0.15) is 18.4 Å². The number of hydrogen-bond acceptors (Lipinski definition) is 4. The Bertz CT molecular complexity index is 778. The van der Waals surface area contributed by atoms with Crippen molar-refractivity contribution in [1.82, 2.24) is 14.7 Å². The first-order valence-corrected chi connectivity index (χ1v) is 10.3. The van der Waals surface area contributed by atoms with Crippen LogP contribution in [-0.4, -0.2) is 79.4 Å². The fourth-order valence-electron chi connectivity index (χ4n) is 3.43. The molecule has 3 rings (SSSR count). The molecule has 2 aliphatic rings. The number of hydrogen-bond donors (Lipinski definition) is 1. The van der Waals surface area contributed by atoms with Crippen molar-refractivity contribution in [1.29, 1.82) is 0 Å². The van der Waals surface area contributed by atoms with Gasteiger partial charge in [0.2, 0.25) is 11.8 Å². The zero-order chi connectivity index (χ0) is 21.9. The van der Waals surface area contributed by atoms with Crippen molar-refractivity contribution in [3.63, 3.8) is 0 Å². The van der Waals surface area contributed by atoms with Crippen LogP contribution in [0.4, 0.5) is 18.9 Å². The summed E-state index contributed by atoms with van der Waals surface area (Å²) in [5.74, 6) is 0.373. The minimum absolute atomic E-state index is 0.0552. The second-order valence-electron chi connectivity index (χ2n) is 8.01. The summed E-state index contributed by atoms with van der Waals surface area (Å²) in [6.45, 7) is 3.81. The van der Waals surface area contributed by atoms with Gasteiger partial charge >= 0.3 is 6.18 Å². The van der Waals surface area contributed by atoms with E-state index in [1.165, 1.54) is 18.9 Å². The number of piperazine rings is 1. The van der Waals surface area contributed by atoms with Crippen LogP contribution in [0.25, 0.3) is 0 Å². The van der Waals surface area contributed by atoms with E-state index < -0.39 is 16.8 Å². The van der Waals surface area contributed by atoms with Crippen LogP contribution in [0.2, 0.25) is 5.02 Å². The summed E-state index contributed by atoms with van der Waals surface area (Å²) in [6.07, 6.45) is -2.18. The number of nitrogens with one attached hydrogen (secondary N) is 1. The topological polar surface area (TPSA) is 55.9 Å². The molecule has 0 atom stereocenters. The highest BCUT2D eigenvalue weighted by Gasteiger charge is 2.33. The van der Waals surface area contributed by atoms with E-state index >= 15 is 0 Å². The summed E-state index contributed by atoms with van der Waals surface area (Å²) < 4.78 is 38.8. The van der Waals surface area contributed by atoms with Crippen molar-refractivity contribution in [3.8, 4) is 0 Å². The van der Waals surface area contributed by atoms with Crippen LogP contribution in [0, 0.1) is 5.92 Å². The molecule has 1 aliphatic carbocycles. The van der Waals surface area contributed by atoms with Gasteiger partial charge in [-0.25, -0.2) is 0 Å². The van der Waals surface area contributed by atoms with Crippen LogP contribution in [-0.2, 0) is 15.8 Å². The van der Waals surface area contributed by atoms with E-state index in [9.17, 15) is 22.8 Å². The van der Waals surface area contributed by atoms with Gasteiger partial charge in [-0.1, -0.05) is 11.6 Å². The number of rotatable bonds is 7. The minimum atomic E-state index is -4.59. The Kier molecular flexibility index (Phi) is 7.26. The van der Waals surface area contributed by atoms with Gasteiger partial charge in [-0.2, -0.15) is 13.2 Å². The minimum Gasteiger partial charge on any atom is -0.344 e. The molecule has 1 saturated carbocycles. The van der Waals surface area contributed by atoms with Gasteiger partial charge in [-0.05, 0) is 37.0 Å². The number of likely N-dealkylation sites (N-methyl/N-ethyl adjacent to an activating group) is 1. The van der Waals surface area contributed by atoms with Gasteiger partial charge in [0.05, 0.1) is 23.7 Å². The molecule has 166 valence electrons. The van der Waals surface area contributed by atoms with E-state index in [-0.39, 0.29) is 24.0 Å². The zero-order valence-corrected chi connectivity index (χ0v) is 17.6. The molecule has 0 bridgehead atoms. The fourth-order valence-corrected chi connectivity index (χ4v) is 3.66. The number of amides is 2. The molecule has 6 nitrogen and oxygen atoms in total. The van der Waals surface area contributed by atoms with Gasteiger partial charge in [0.25, 0.3) is 0 Å². The largest absolute Gasteiger partial charge is 0.417 e. The first-order chi connectivity index (χ1) is 14.1. The number of carbonyl (C=O) groups excluding carboxylic acids is 2. The lowest BCUT2D eigenvalue weighted by molar-refractivity contribution is -0.137. The summed E-state index contributed by atoms with van der Waals surface area (Å²) in [6, 6.07) is 3.30. The predicted molar refractivity (Wildman–Crippen MR) is 108 cm³/mol. The van der Waals surface area contributed by atoms with Crippen molar-refractivity contribution in [2.45, 2.75) is 19.0 Å². The third-order valence-corrected chi connectivity index (χ3v) is 5.73. The van der Waals surface area contributed by atoms with E-state index in [1.807, 2.05) is 11.9 Å². The Labute approximate surface area is 178 Å². The molecule has 1 aliphatic heterocycles. The second-order valence-corrected chi connectivity index (χ2v) is 8.42. The van der Waals surface area contributed by atoms with Gasteiger partial charge in [0.15, 0.2) is 0 Å². The third-order valence-electron chi connectivity index (χ3n) is 5.40. The number of alkyl halides is 3. The van der Waals surface area contributed by atoms with Gasteiger partial charge in [0.1, 0.15) is 0 Å². The number of anilines is 1. The Hall–Kier alpha value is -1.84. The van der Waals surface area contributed by atoms with Crippen LogP contribution in [0.3, 0.4) is 0 Å². The van der Waals surface area contributed by atoms with Gasteiger partial charge in [-0.3, -0.25) is 19.4 Å². The Morgan fingerprint density at radius 2 is 1.73 bits per heavy atom. The molecule has 1 saturated heterocycles. The molecular weight excluding hydrogens is 421 g/mol. The molecule has 0 unspecified atom stereocenters. The number of halogens is 4. The monoisotopic (exact) mass is 446 g/mol. The standard InChI is InChI=1S/C20H26ClF3N4O2/c1-26(11-14-2-3-14)19(30)13-28-8-6-27(7-9-28)12-18(29)25-15-4-5-17(21)16(10-15)20(22,23)24/h4-5,10,14H,2-3,6-9,11-13H2,1H3,(H,25,29).